The Bertz CT molecular complexity index is 1440. The number of phenolic OH excluding ortho intramolecular Hbond substituents is 2. The summed E-state index contributed by atoms with van der Waals surface area (Å²) in [6.07, 6.45) is -0.202. The fraction of sp³-hybridized carbons (Fsp3) is 0.185. The number of rotatable bonds is 7. The minimum atomic E-state index is -0.847. The molecule has 0 fully saturated rings. The summed E-state index contributed by atoms with van der Waals surface area (Å²) in [4.78, 5) is 25.5. The standard InChI is InChI=1S/C27H24O8/c1-32-16-9-10-17(23(11-16)33-2)18(12-24(31)34-3)25-19(28)13-20(29)26-21(30)14-22(35-27(25)26)15-7-5-4-6-8-15/h4-11,13-14,18,28-29H,12H2,1-3H3. The van der Waals surface area contributed by atoms with E-state index in [4.69, 9.17) is 18.6 Å². The summed E-state index contributed by atoms with van der Waals surface area (Å²) in [6, 6.07) is 16.3. The second-order valence-electron chi connectivity index (χ2n) is 7.81. The Morgan fingerprint density at radius 2 is 1.69 bits per heavy atom. The fourth-order valence-corrected chi connectivity index (χ4v) is 4.13. The number of ether oxygens (including phenoxy) is 3. The quantitative estimate of drug-likeness (QED) is 0.372. The highest BCUT2D eigenvalue weighted by Gasteiger charge is 2.30. The predicted octanol–water partition coefficient (Wildman–Crippen LogP) is 4.58. The van der Waals surface area contributed by atoms with Crippen LogP contribution < -0.4 is 14.9 Å². The van der Waals surface area contributed by atoms with Gasteiger partial charge in [-0.15, -0.1) is 0 Å². The first kappa shape index (κ1) is 23.7. The first-order valence-corrected chi connectivity index (χ1v) is 10.7. The number of carbonyl (C=O) groups is 1. The largest absolute Gasteiger partial charge is 0.507 e. The SMILES string of the molecule is COC(=O)CC(c1ccc(OC)cc1OC)c1c(O)cc(O)c2c(=O)cc(-c3ccccc3)oc12. The average molecular weight is 476 g/mol. The van der Waals surface area contributed by atoms with Gasteiger partial charge >= 0.3 is 5.97 Å². The normalized spacial score (nSPS) is 11.7. The molecule has 1 heterocycles. The molecule has 2 N–H and O–H groups in total. The Labute approximate surface area is 200 Å². The molecule has 0 radical (unpaired) electrons. The molecule has 0 aliphatic rings. The molecule has 0 amide bonds. The number of benzene rings is 3. The molecule has 4 rings (SSSR count). The van der Waals surface area contributed by atoms with E-state index in [1.54, 1.807) is 42.5 Å². The van der Waals surface area contributed by atoms with Gasteiger partial charge in [0.15, 0.2) is 5.43 Å². The Morgan fingerprint density at radius 3 is 2.34 bits per heavy atom. The summed E-state index contributed by atoms with van der Waals surface area (Å²) in [5.41, 5.74) is 0.755. The number of aromatic hydroxyl groups is 2. The molecule has 8 heteroatoms. The monoisotopic (exact) mass is 476 g/mol. The Hall–Kier alpha value is -4.46. The molecule has 1 atom stereocenters. The van der Waals surface area contributed by atoms with Gasteiger partial charge in [-0.05, 0) is 6.07 Å². The molecule has 0 bridgehead atoms. The van der Waals surface area contributed by atoms with Crippen LogP contribution in [0.15, 0.2) is 69.9 Å². The van der Waals surface area contributed by atoms with Crippen LogP contribution in [-0.4, -0.2) is 37.5 Å². The third kappa shape index (κ3) is 4.50. The molecule has 4 aromatic rings. The zero-order valence-corrected chi connectivity index (χ0v) is 19.4. The lowest BCUT2D eigenvalue weighted by atomic mass is 9.85. The summed E-state index contributed by atoms with van der Waals surface area (Å²) in [5, 5.41) is 21.4. The van der Waals surface area contributed by atoms with Gasteiger partial charge in [0.05, 0.1) is 27.8 Å². The Balaban J connectivity index is 2.06. The van der Waals surface area contributed by atoms with Crippen LogP contribution in [0.3, 0.4) is 0 Å². The van der Waals surface area contributed by atoms with Crippen molar-refractivity contribution in [1.29, 1.82) is 0 Å². The van der Waals surface area contributed by atoms with E-state index in [0.29, 0.717) is 22.6 Å². The topological polar surface area (TPSA) is 115 Å². The van der Waals surface area contributed by atoms with Gasteiger partial charge in [0.25, 0.3) is 0 Å². The Kier molecular flexibility index (Phi) is 6.64. The zero-order chi connectivity index (χ0) is 25.1. The molecule has 180 valence electrons. The van der Waals surface area contributed by atoms with Gasteiger partial charge in [-0.3, -0.25) is 9.59 Å². The second-order valence-corrected chi connectivity index (χ2v) is 7.81. The predicted molar refractivity (Wildman–Crippen MR) is 129 cm³/mol. The smallest absolute Gasteiger partial charge is 0.306 e. The molecule has 1 aromatic heterocycles. The van der Waals surface area contributed by atoms with Crippen LogP contribution in [0.4, 0.5) is 0 Å². The summed E-state index contributed by atoms with van der Waals surface area (Å²) < 4.78 is 21.8. The van der Waals surface area contributed by atoms with Gasteiger partial charge in [-0.2, -0.15) is 0 Å². The summed E-state index contributed by atoms with van der Waals surface area (Å²) in [6.45, 7) is 0. The third-order valence-corrected chi connectivity index (χ3v) is 5.82. The van der Waals surface area contributed by atoms with Gasteiger partial charge in [-0.1, -0.05) is 36.4 Å². The number of methoxy groups -OCH3 is 3. The average Bonchev–Trinajstić information content (AvgIpc) is 2.87. The minimum Gasteiger partial charge on any atom is -0.507 e. The van der Waals surface area contributed by atoms with Crippen LogP contribution in [-0.2, 0) is 9.53 Å². The van der Waals surface area contributed by atoms with Crippen molar-refractivity contribution in [3.05, 3.63) is 82.0 Å². The van der Waals surface area contributed by atoms with Gasteiger partial charge in [0.2, 0.25) is 0 Å². The molecular formula is C27H24O8. The second kappa shape index (κ2) is 9.80. The van der Waals surface area contributed by atoms with Crippen molar-refractivity contribution in [2.75, 3.05) is 21.3 Å². The first-order chi connectivity index (χ1) is 16.9. The summed E-state index contributed by atoms with van der Waals surface area (Å²) in [5.74, 6) is -1.03. The van der Waals surface area contributed by atoms with Crippen molar-refractivity contribution in [1.82, 2.24) is 0 Å². The molecular weight excluding hydrogens is 452 g/mol. The molecule has 8 nitrogen and oxygen atoms in total. The molecule has 0 saturated carbocycles. The van der Waals surface area contributed by atoms with E-state index in [0.717, 1.165) is 6.07 Å². The number of hydrogen-bond donors (Lipinski definition) is 2. The minimum absolute atomic E-state index is 0.0411. The van der Waals surface area contributed by atoms with Crippen molar-refractivity contribution < 1.29 is 33.6 Å². The first-order valence-electron chi connectivity index (χ1n) is 10.7. The van der Waals surface area contributed by atoms with Crippen LogP contribution in [0, 0.1) is 0 Å². The third-order valence-electron chi connectivity index (χ3n) is 5.82. The molecule has 35 heavy (non-hydrogen) atoms. The number of fused-ring (bicyclic) bond motifs is 1. The van der Waals surface area contributed by atoms with E-state index in [1.807, 2.05) is 6.07 Å². The maximum atomic E-state index is 13.1. The van der Waals surface area contributed by atoms with Gasteiger partial charge in [0, 0.05) is 40.8 Å². The molecule has 1 unspecified atom stereocenters. The van der Waals surface area contributed by atoms with Crippen molar-refractivity contribution >= 4 is 16.9 Å². The highest BCUT2D eigenvalue weighted by molar-refractivity contribution is 5.90. The van der Waals surface area contributed by atoms with Crippen molar-refractivity contribution in [2.24, 2.45) is 0 Å². The molecule has 0 aliphatic heterocycles. The van der Waals surface area contributed by atoms with Gasteiger partial charge in [0.1, 0.15) is 39.7 Å². The van der Waals surface area contributed by atoms with Crippen molar-refractivity contribution in [3.8, 4) is 34.3 Å². The highest BCUT2D eigenvalue weighted by Crippen LogP contribution is 2.45. The maximum Gasteiger partial charge on any atom is 0.306 e. The van der Waals surface area contributed by atoms with E-state index < -0.39 is 23.1 Å². The van der Waals surface area contributed by atoms with Crippen LogP contribution >= 0.6 is 0 Å². The number of esters is 1. The summed E-state index contributed by atoms with van der Waals surface area (Å²) >= 11 is 0. The molecule has 3 aromatic carbocycles. The van der Waals surface area contributed by atoms with Crippen molar-refractivity contribution in [2.45, 2.75) is 12.3 Å². The molecule has 0 saturated heterocycles. The van der Waals surface area contributed by atoms with Crippen molar-refractivity contribution in [3.63, 3.8) is 0 Å². The fourth-order valence-electron chi connectivity index (χ4n) is 4.13. The summed E-state index contributed by atoms with van der Waals surface area (Å²) in [7, 11) is 4.24. The molecule has 0 spiro atoms. The van der Waals surface area contributed by atoms with E-state index in [2.05, 4.69) is 0 Å². The van der Waals surface area contributed by atoms with Crippen LogP contribution in [0.5, 0.6) is 23.0 Å². The van der Waals surface area contributed by atoms with Gasteiger partial charge < -0.3 is 28.8 Å². The van der Waals surface area contributed by atoms with Gasteiger partial charge in [-0.25, -0.2) is 0 Å². The number of phenols is 2. The maximum absolute atomic E-state index is 13.1. The molecule has 0 aliphatic carbocycles. The van der Waals surface area contributed by atoms with E-state index in [9.17, 15) is 19.8 Å². The van der Waals surface area contributed by atoms with Crippen LogP contribution in [0.25, 0.3) is 22.3 Å². The Morgan fingerprint density at radius 1 is 0.943 bits per heavy atom. The van der Waals surface area contributed by atoms with Crippen LogP contribution in [0.2, 0.25) is 0 Å². The van der Waals surface area contributed by atoms with E-state index >= 15 is 0 Å². The lowest BCUT2D eigenvalue weighted by Crippen LogP contribution is -2.13. The zero-order valence-electron chi connectivity index (χ0n) is 19.4. The van der Waals surface area contributed by atoms with E-state index in [-0.39, 0.29) is 34.5 Å². The van der Waals surface area contributed by atoms with E-state index in [1.165, 1.54) is 27.4 Å². The van der Waals surface area contributed by atoms with Crippen LogP contribution in [0.1, 0.15) is 23.5 Å². The number of hydrogen-bond acceptors (Lipinski definition) is 8. The highest BCUT2D eigenvalue weighted by atomic mass is 16.5. The lowest BCUT2D eigenvalue weighted by molar-refractivity contribution is -0.140. The number of carbonyl (C=O) groups excluding carboxylic acids is 1. The lowest BCUT2D eigenvalue weighted by Gasteiger charge is -2.22.